The van der Waals surface area contributed by atoms with Gasteiger partial charge in [0.15, 0.2) is 0 Å². The molecule has 0 amide bonds. The van der Waals surface area contributed by atoms with Crippen LogP contribution in [0.3, 0.4) is 0 Å². The molecule has 5 heteroatoms. The fourth-order valence-electron chi connectivity index (χ4n) is 3.47. The summed E-state index contributed by atoms with van der Waals surface area (Å²) < 4.78 is 2.36. The molecule has 5 nitrogen and oxygen atoms in total. The van der Waals surface area contributed by atoms with Gasteiger partial charge in [0.2, 0.25) is 0 Å². The van der Waals surface area contributed by atoms with Crippen molar-refractivity contribution in [2.24, 2.45) is 0 Å². The molecule has 0 aromatic carbocycles. The van der Waals surface area contributed by atoms with Crippen LogP contribution in [0, 0.1) is 0 Å². The zero-order chi connectivity index (χ0) is 13.9. The third-order valence-electron chi connectivity index (χ3n) is 4.86. The Balaban J connectivity index is 1.73. The number of hydrogen-bond donors (Lipinski definition) is 1. The molecule has 0 bridgehead atoms. The van der Waals surface area contributed by atoms with Gasteiger partial charge >= 0.3 is 0 Å². The molecule has 1 fully saturated rings. The first kappa shape index (κ1) is 14.0. The lowest BCUT2D eigenvalue weighted by atomic mass is 10.1. The lowest BCUT2D eigenvalue weighted by molar-refractivity contribution is 0.112. The molecular weight excluding hydrogens is 250 g/mol. The summed E-state index contributed by atoms with van der Waals surface area (Å²) in [6, 6.07) is 1.26. The minimum Gasteiger partial charge on any atom is -0.314 e. The molecule has 2 aliphatic rings. The van der Waals surface area contributed by atoms with Gasteiger partial charge in [-0.3, -0.25) is 4.90 Å². The van der Waals surface area contributed by atoms with Gasteiger partial charge in [-0.1, -0.05) is 13.8 Å². The zero-order valence-corrected chi connectivity index (χ0v) is 12.8. The number of fused-ring (bicyclic) bond motifs is 1. The van der Waals surface area contributed by atoms with Gasteiger partial charge in [0, 0.05) is 38.1 Å². The van der Waals surface area contributed by atoms with Crippen molar-refractivity contribution >= 4 is 0 Å². The molecule has 1 saturated heterocycles. The van der Waals surface area contributed by atoms with Crippen LogP contribution in [-0.2, 0) is 19.5 Å². The minimum atomic E-state index is 0.626. The first-order chi connectivity index (χ1) is 9.81. The van der Waals surface area contributed by atoms with Crippen molar-refractivity contribution in [2.75, 3.05) is 13.1 Å². The number of nitrogens with zero attached hydrogens (tertiary/aromatic N) is 4. The van der Waals surface area contributed by atoms with Crippen LogP contribution < -0.4 is 5.32 Å². The van der Waals surface area contributed by atoms with E-state index in [1.54, 1.807) is 0 Å². The Bertz CT molecular complexity index is 441. The number of hydrogen-bond acceptors (Lipinski definition) is 4. The molecule has 1 aromatic heterocycles. The largest absolute Gasteiger partial charge is 0.314 e. The van der Waals surface area contributed by atoms with Crippen LogP contribution in [0.4, 0.5) is 0 Å². The lowest BCUT2D eigenvalue weighted by Crippen LogP contribution is -2.55. The van der Waals surface area contributed by atoms with E-state index in [1.165, 1.54) is 37.3 Å². The molecule has 0 saturated carbocycles. The third-order valence-corrected chi connectivity index (χ3v) is 4.86. The van der Waals surface area contributed by atoms with Crippen molar-refractivity contribution in [2.45, 2.75) is 71.1 Å². The Kier molecular flexibility index (Phi) is 4.36. The molecule has 0 aliphatic carbocycles. The van der Waals surface area contributed by atoms with Crippen molar-refractivity contribution in [3.8, 4) is 0 Å². The van der Waals surface area contributed by atoms with Gasteiger partial charge in [0.05, 0.1) is 6.54 Å². The van der Waals surface area contributed by atoms with E-state index in [1.807, 2.05) is 0 Å². The normalized spacial score (nSPS) is 27.5. The highest BCUT2D eigenvalue weighted by Crippen LogP contribution is 2.19. The number of aromatic nitrogens is 3. The quantitative estimate of drug-likeness (QED) is 0.907. The summed E-state index contributed by atoms with van der Waals surface area (Å²) in [6.45, 7) is 8.86. The molecule has 0 spiro atoms. The number of rotatable bonds is 4. The molecule has 0 radical (unpaired) electrons. The Morgan fingerprint density at radius 2 is 2.10 bits per heavy atom. The summed E-state index contributed by atoms with van der Waals surface area (Å²) in [5.41, 5.74) is 0. The van der Waals surface area contributed by atoms with Crippen LogP contribution in [0.1, 0.15) is 51.2 Å². The van der Waals surface area contributed by atoms with Gasteiger partial charge in [-0.2, -0.15) is 0 Å². The lowest BCUT2D eigenvalue weighted by Gasteiger charge is -2.39. The van der Waals surface area contributed by atoms with Crippen LogP contribution in [-0.4, -0.2) is 44.8 Å². The van der Waals surface area contributed by atoms with E-state index in [9.17, 15) is 0 Å². The second kappa shape index (κ2) is 6.22. The highest BCUT2D eigenvalue weighted by atomic mass is 15.3. The SMILES string of the molecule is CCC1CN(Cc2nnc3n2CCCC3)C(CC)CN1. The molecule has 2 atom stereocenters. The van der Waals surface area contributed by atoms with Gasteiger partial charge in [-0.25, -0.2) is 0 Å². The van der Waals surface area contributed by atoms with Gasteiger partial charge in [-0.05, 0) is 25.7 Å². The second-order valence-electron chi connectivity index (χ2n) is 6.15. The number of aryl methyl sites for hydroxylation is 1. The maximum absolute atomic E-state index is 4.46. The van der Waals surface area contributed by atoms with Crippen molar-refractivity contribution in [1.29, 1.82) is 0 Å². The van der Waals surface area contributed by atoms with E-state index in [-0.39, 0.29) is 0 Å². The van der Waals surface area contributed by atoms with Crippen LogP contribution in [0.25, 0.3) is 0 Å². The van der Waals surface area contributed by atoms with Crippen molar-refractivity contribution in [3.63, 3.8) is 0 Å². The first-order valence-electron chi connectivity index (χ1n) is 8.20. The van der Waals surface area contributed by atoms with E-state index < -0.39 is 0 Å². The van der Waals surface area contributed by atoms with Crippen molar-refractivity contribution in [3.05, 3.63) is 11.6 Å². The van der Waals surface area contributed by atoms with E-state index in [2.05, 4.69) is 38.8 Å². The third kappa shape index (κ3) is 2.74. The summed E-state index contributed by atoms with van der Waals surface area (Å²) in [5.74, 6) is 2.37. The fourth-order valence-corrected chi connectivity index (χ4v) is 3.47. The van der Waals surface area contributed by atoms with E-state index in [0.717, 1.165) is 32.6 Å². The molecule has 1 N–H and O–H groups in total. The van der Waals surface area contributed by atoms with Gasteiger partial charge < -0.3 is 9.88 Å². The highest BCUT2D eigenvalue weighted by molar-refractivity contribution is 5.00. The summed E-state index contributed by atoms with van der Waals surface area (Å²) >= 11 is 0. The average molecular weight is 277 g/mol. The molecule has 3 heterocycles. The van der Waals surface area contributed by atoms with E-state index in [0.29, 0.717) is 12.1 Å². The summed E-state index contributed by atoms with van der Waals surface area (Å²) in [7, 11) is 0. The Labute approximate surface area is 121 Å². The molecule has 2 unspecified atom stereocenters. The Morgan fingerprint density at radius 3 is 2.90 bits per heavy atom. The second-order valence-corrected chi connectivity index (χ2v) is 6.15. The highest BCUT2D eigenvalue weighted by Gasteiger charge is 2.27. The average Bonchev–Trinajstić information content (AvgIpc) is 2.90. The monoisotopic (exact) mass is 277 g/mol. The van der Waals surface area contributed by atoms with E-state index >= 15 is 0 Å². The zero-order valence-electron chi connectivity index (χ0n) is 12.8. The van der Waals surface area contributed by atoms with Gasteiger partial charge in [0.25, 0.3) is 0 Å². The van der Waals surface area contributed by atoms with Crippen LogP contribution in [0.2, 0.25) is 0 Å². The number of piperazine rings is 1. The molecular formula is C15H27N5. The topological polar surface area (TPSA) is 46.0 Å². The molecule has 2 aliphatic heterocycles. The predicted octanol–water partition coefficient (Wildman–Crippen LogP) is 1.58. The van der Waals surface area contributed by atoms with Crippen molar-refractivity contribution < 1.29 is 0 Å². The summed E-state index contributed by atoms with van der Waals surface area (Å²) in [5, 5.41) is 12.5. The Morgan fingerprint density at radius 1 is 1.20 bits per heavy atom. The van der Waals surface area contributed by atoms with Gasteiger partial charge in [0.1, 0.15) is 11.6 Å². The van der Waals surface area contributed by atoms with Crippen molar-refractivity contribution in [1.82, 2.24) is 25.0 Å². The molecule has 112 valence electrons. The van der Waals surface area contributed by atoms with E-state index in [4.69, 9.17) is 0 Å². The predicted molar refractivity (Wildman–Crippen MR) is 79.5 cm³/mol. The standard InChI is InChI=1S/C15H27N5/c1-3-12-10-19(13(4-2)9-16-12)11-15-18-17-14-7-5-6-8-20(14)15/h12-13,16H,3-11H2,1-2H3. The maximum Gasteiger partial charge on any atom is 0.147 e. The smallest absolute Gasteiger partial charge is 0.147 e. The molecule has 20 heavy (non-hydrogen) atoms. The Hall–Kier alpha value is -0.940. The fraction of sp³-hybridized carbons (Fsp3) is 0.867. The summed E-state index contributed by atoms with van der Waals surface area (Å²) in [4.78, 5) is 2.61. The van der Waals surface area contributed by atoms with Crippen LogP contribution in [0.15, 0.2) is 0 Å². The maximum atomic E-state index is 4.46. The molecule has 1 aromatic rings. The first-order valence-corrected chi connectivity index (χ1v) is 8.20. The van der Waals surface area contributed by atoms with Crippen LogP contribution in [0.5, 0.6) is 0 Å². The van der Waals surface area contributed by atoms with Crippen LogP contribution >= 0.6 is 0 Å². The summed E-state index contributed by atoms with van der Waals surface area (Å²) in [6.07, 6.45) is 6.04. The number of nitrogens with one attached hydrogen (secondary N) is 1. The molecule has 3 rings (SSSR count). The van der Waals surface area contributed by atoms with Gasteiger partial charge in [-0.15, -0.1) is 10.2 Å². The minimum absolute atomic E-state index is 0.626.